The molecule has 1 fully saturated rings. The summed E-state index contributed by atoms with van der Waals surface area (Å²) in [5, 5.41) is 8.14. The molecule has 0 amide bonds. The van der Waals surface area contributed by atoms with Crippen molar-refractivity contribution in [2.75, 3.05) is 13.7 Å². The van der Waals surface area contributed by atoms with Gasteiger partial charge in [-0.15, -0.1) is 0 Å². The summed E-state index contributed by atoms with van der Waals surface area (Å²) in [4.78, 5) is 0. The molecule has 2 heterocycles. The number of nitrogens with one attached hydrogen (secondary N) is 1. The number of ether oxygens (including phenoxy) is 2. The minimum absolute atomic E-state index is 0.101. The van der Waals surface area contributed by atoms with Crippen LogP contribution in [0.25, 0.3) is 0 Å². The second-order valence-corrected chi connectivity index (χ2v) is 6.77. The van der Waals surface area contributed by atoms with E-state index in [9.17, 15) is 0 Å². The molecular formula is C19H25N3O2. The summed E-state index contributed by atoms with van der Waals surface area (Å²) in [5.74, 6) is 1.03. The first-order valence-electron chi connectivity index (χ1n) is 8.76. The van der Waals surface area contributed by atoms with Crippen molar-refractivity contribution in [1.29, 1.82) is 0 Å². The monoisotopic (exact) mass is 327 g/mol. The van der Waals surface area contributed by atoms with Crippen molar-refractivity contribution in [3.63, 3.8) is 0 Å². The molecule has 2 aliphatic rings. The predicted molar refractivity (Wildman–Crippen MR) is 92.2 cm³/mol. The second-order valence-electron chi connectivity index (χ2n) is 6.77. The first-order valence-corrected chi connectivity index (χ1v) is 8.76. The number of benzene rings is 1. The van der Waals surface area contributed by atoms with E-state index in [0.717, 1.165) is 43.7 Å². The lowest BCUT2D eigenvalue weighted by Crippen LogP contribution is -2.43. The number of hydrogen-bond acceptors (Lipinski definition) is 4. The van der Waals surface area contributed by atoms with Gasteiger partial charge in [0.2, 0.25) is 0 Å². The van der Waals surface area contributed by atoms with Crippen molar-refractivity contribution in [2.45, 2.75) is 43.9 Å². The average Bonchev–Trinajstić information content (AvgIpc) is 3.22. The Bertz CT molecular complexity index is 712. The molecular weight excluding hydrogens is 302 g/mol. The largest absolute Gasteiger partial charge is 0.496 e. The number of methoxy groups -OCH3 is 1. The third-order valence-corrected chi connectivity index (χ3v) is 5.35. The zero-order valence-electron chi connectivity index (χ0n) is 14.4. The molecule has 1 saturated heterocycles. The summed E-state index contributed by atoms with van der Waals surface area (Å²) in [7, 11) is 3.74. The van der Waals surface area contributed by atoms with E-state index in [1.165, 1.54) is 11.1 Å². The molecule has 0 bridgehead atoms. The van der Waals surface area contributed by atoms with Crippen LogP contribution in [0.2, 0.25) is 0 Å². The van der Waals surface area contributed by atoms with Gasteiger partial charge in [0.15, 0.2) is 0 Å². The van der Waals surface area contributed by atoms with Gasteiger partial charge in [-0.05, 0) is 48.9 Å². The first kappa shape index (κ1) is 15.7. The van der Waals surface area contributed by atoms with E-state index in [1.807, 2.05) is 17.9 Å². The molecule has 5 heteroatoms. The van der Waals surface area contributed by atoms with Gasteiger partial charge in [0.1, 0.15) is 11.9 Å². The van der Waals surface area contributed by atoms with E-state index in [1.54, 1.807) is 7.11 Å². The maximum absolute atomic E-state index is 5.99. The highest BCUT2D eigenvalue weighted by Crippen LogP contribution is 2.32. The SMILES string of the molecule is COc1cccc2c1CC[C@H](N[C@H]1CCO[C@@H]1c1ccnn1C)C2. The number of fused-ring (bicyclic) bond motifs is 1. The molecule has 5 nitrogen and oxygen atoms in total. The molecule has 1 aromatic heterocycles. The number of hydrogen-bond donors (Lipinski definition) is 1. The van der Waals surface area contributed by atoms with Gasteiger partial charge in [-0.1, -0.05) is 12.1 Å². The van der Waals surface area contributed by atoms with E-state index >= 15 is 0 Å². The summed E-state index contributed by atoms with van der Waals surface area (Å²) in [6.45, 7) is 0.810. The molecule has 0 unspecified atom stereocenters. The van der Waals surface area contributed by atoms with Crippen molar-refractivity contribution in [3.05, 3.63) is 47.3 Å². The number of aromatic nitrogens is 2. The molecule has 24 heavy (non-hydrogen) atoms. The molecule has 2 aromatic rings. The van der Waals surface area contributed by atoms with Crippen LogP contribution >= 0.6 is 0 Å². The maximum atomic E-state index is 5.99. The minimum atomic E-state index is 0.101. The van der Waals surface area contributed by atoms with Crippen molar-refractivity contribution in [1.82, 2.24) is 15.1 Å². The van der Waals surface area contributed by atoms with E-state index in [-0.39, 0.29) is 6.10 Å². The smallest absolute Gasteiger partial charge is 0.122 e. The molecule has 3 atom stereocenters. The number of rotatable bonds is 4. The summed E-state index contributed by atoms with van der Waals surface area (Å²) >= 11 is 0. The lowest BCUT2D eigenvalue weighted by molar-refractivity contribution is 0.0893. The highest BCUT2D eigenvalue weighted by molar-refractivity contribution is 5.42. The quantitative estimate of drug-likeness (QED) is 0.937. The maximum Gasteiger partial charge on any atom is 0.122 e. The van der Waals surface area contributed by atoms with Gasteiger partial charge in [-0.25, -0.2) is 0 Å². The van der Waals surface area contributed by atoms with Crippen LogP contribution in [0.15, 0.2) is 30.5 Å². The third kappa shape index (κ3) is 2.82. The van der Waals surface area contributed by atoms with Crippen molar-refractivity contribution >= 4 is 0 Å². The van der Waals surface area contributed by atoms with E-state index in [4.69, 9.17) is 9.47 Å². The lowest BCUT2D eigenvalue weighted by Gasteiger charge is -2.30. The van der Waals surface area contributed by atoms with Gasteiger partial charge >= 0.3 is 0 Å². The van der Waals surface area contributed by atoms with Crippen molar-refractivity contribution < 1.29 is 9.47 Å². The van der Waals surface area contributed by atoms with Gasteiger partial charge in [0.05, 0.1) is 12.8 Å². The molecule has 1 aliphatic heterocycles. The third-order valence-electron chi connectivity index (χ3n) is 5.35. The Kier molecular flexibility index (Phi) is 4.29. The number of nitrogens with zero attached hydrogens (tertiary/aromatic N) is 2. The fraction of sp³-hybridized carbons (Fsp3) is 0.526. The fourth-order valence-corrected chi connectivity index (χ4v) is 4.12. The van der Waals surface area contributed by atoms with Crippen LogP contribution < -0.4 is 10.1 Å². The molecule has 1 aliphatic carbocycles. The van der Waals surface area contributed by atoms with Crippen LogP contribution in [-0.4, -0.2) is 35.6 Å². The van der Waals surface area contributed by atoms with Crippen LogP contribution in [0.4, 0.5) is 0 Å². The van der Waals surface area contributed by atoms with Crippen molar-refractivity contribution in [2.24, 2.45) is 7.05 Å². The predicted octanol–water partition coefficient (Wildman–Crippen LogP) is 2.41. The van der Waals surface area contributed by atoms with Crippen LogP contribution in [0.3, 0.4) is 0 Å². The van der Waals surface area contributed by atoms with Gasteiger partial charge < -0.3 is 14.8 Å². The molecule has 128 valence electrons. The summed E-state index contributed by atoms with van der Waals surface area (Å²) in [6, 6.07) is 9.30. The molecule has 0 saturated carbocycles. The van der Waals surface area contributed by atoms with Crippen LogP contribution in [0, 0.1) is 0 Å². The molecule has 1 aromatic carbocycles. The second kappa shape index (κ2) is 6.57. The Labute approximate surface area is 143 Å². The fourth-order valence-electron chi connectivity index (χ4n) is 4.12. The Morgan fingerprint density at radius 1 is 1.29 bits per heavy atom. The Hall–Kier alpha value is -1.85. The molecule has 0 spiro atoms. The summed E-state index contributed by atoms with van der Waals surface area (Å²) in [6.07, 6.45) is 6.27. The Balaban J connectivity index is 1.47. The first-order chi connectivity index (χ1) is 11.8. The van der Waals surface area contributed by atoms with Gasteiger partial charge in [0.25, 0.3) is 0 Å². The standard InChI is InChI=1S/C19H25N3O2/c1-22-17(8-10-20-22)19-16(9-11-24-19)21-14-6-7-15-13(12-14)4-3-5-18(15)23-2/h3-5,8,10,14,16,19,21H,6-7,9,11-12H2,1-2H3/t14-,16-,19-/m0/s1. The summed E-state index contributed by atoms with van der Waals surface area (Å²) < 4.78 is 13.4. The zero-order chi connectivity index (χ0) is 16.5. The highest BCUT2D eigenvalue weighted by atomic mass is 16.5. The molecule has 1 N–H and O–H groups in total. The summed E-state index contributed by atoms with van der Waals surface area (Å²) in [5.41, 5.74) is 3.95. The van der Waals surface area contributed by atoms with E-state index in [0.29, 0.717) is 12.1 Å². The Morgan fingerprint density at radius 2 is 2.21 bits per heavy atom. The lowest BCUT2D eigenvalue weighted by atomic mass is 9.87. The van der Waals surface area contributed by atoms with Gasteiger partial charge in [-0.2, -0.15) is 5.10 Å². The van der Waals surface area contributed by atoms with Crippen molar-refractivity contribution in [3.8, 4) is 5.75 Å². The minimum Gasteiger partial charge on any atom is -0.496 e. The number of aryl methyl sites for hydroxylation is 1. The van der Waals surface area contributed by atoms with E-state index in [2.05, 4.69) is 34.7 Å². The normalized spacial score (nSPS) is 26.3. The zero-order valence-corrected chi connectivity index (χ0v) is 14.4. The van der Waals surface area contributed by atoms with Gasteiger partial charge in [0, 0.05) is 31.9 Å². The highest BCUT2D eigenvalue weighted by Gasteiger charge is 2.34. The van der Waals surface area contributed by atoms with Crippen LogP contribution in [-0.2, 0) is 24.6 Å². The van der Waals surface area contributed by atoms with E-state index < -0.39 is 0 Å². The molecule has 4 rings (SSSR count). The topological polar surface area (TPSA) is 48.3 Å². The van der Waals surface area contributed by atoms with Crippen LogP contribution in [0.1, 0.15) is 35.8 Å². The van der Waals surface area contributed by atoms with Crippen LogP contribution in [0.5, 0.6) is 5.75 Å². The Morgan fingerprint density at radius 3 is 3.00 bits per heavy atom. The van der Waals surface area contributed by atoms with Gasteiger partial charge in [-0.3, -0.25) is 4.68 Å². The molecule has 0 radical (unpaired) electrons. The average molecular weight is 327 g/mol.